The topological polar surface area (TPSA) is 12.9 Å². The third-order valence-corrected chi connectivity index (χ3v) is 2.06. The van der Waals surface area contributed by atoms with Crippen LogP contribution < -0.4 is 0 Å². The standard InChI is InChI=1S/C11H11N.2C2H6/c1-2-9-7-10-5-3-4-6-11(10)12-8-9;2*1-2/h3-8H,2H2,1H3;2*1-2H3. The number of hydrogen-bond donors (Lipinski definition) is 0. The predicted molar refractivity (Wildman–Crippen MR) is 73.8 cm³/mol. The van der Waals surface area contributed by atoms with Gasteiger partial charge in [0.25, 0.3) is 0 Å². The average molecular weight is 217 g/mol. The Hall–Kier alpha value is -1.37. The number of aryl methyl sites for hydroxylation is 1. The number of benzene rings is 1. The van der Waals surface area contributed by atoms with Crippen LogP contribution in [-0.4, -0.2) is 4.98 Å². The number of fused-ring (bicyclic) bond motifs is 1. The number of aromatic nitrogens is 1. The summed E-state index contributed by atoms with van der Waals surface area (Å²) in [6.07, 6.45) is 3.00. The van der Waals surface area contributed by atoms with Crippen LogP contribution in [0.2, 0.25) is 0 Å². The summed E-state index contributed by atoms with van der Waals surface area (Å²) in [5, 5.41) is 1.23. The lowest BCUT2D eigenvalue weighted by molar-refractivity contribution is 1.12. The first-order valence-corrected chi connectivity index (χ1v) is 6.24. The molecule has 88 valence electrons. The van der Waals surface area contributed by atoms with Gasteiger partial charge in [0.2, 0.25) is 0 Å². The van der Waals surface area contributed by atoms with Gasteiger partial charge in [0.15, 0.2) is 0 Å². The average Bonchev–Trinajstić information content (AvgIpc) is 2.42. The maximum absolute atomic E-state index is 4.35. The highest BCUT2D eigenvalue weighted by Crippen LogP contribution is 2.12. The van der Waals surface area contributed by atoms with Gasteiger partial charge in [-0.1, -0.05) is 52.8 Å². The lowest BCUT2D eigenvalue weighted by Gasteiger charge is -1.98. The summed E-state index contributed by atoms with van der Waals surface area (Å²) >= 11 is 0. The Balaban J connectivity index is 0.000000509. The fourth-order valence-electron chi connectivity index (χ4n) is 1.31. The van der Waals surface area contributed by atoms with Gasteiger partial charge in [0.05, 0.1) is 5.52 Å². The summed E-state index contributed by atoms with van der Waals surface area (Å²) < 4.78 is 0. The monoisotopic (exact) mass is 217 g/mol. The summed E-state index contributed by atoms with van der Waals surface area (Å²) in [6, 6.07) is 10.4. The number of rotatable bonds is 1. The molecule has 1 nitrogen and oxygen atoms in total. The highest BCUT2D eigenvalue weighted by molar-refractivity contribution is 5.78. The maximum Gasteiger partial charge on any atom is 0.0702 e. The molecular weight excluding hydrogens is 194 g/mol. The maximum atomic E-state index is 4.35. The number of hydrogen-bond acceptors (Lipinski definition) is 1. The minimum absolute atomic E-state index is 1.05. The van der Waals surface area contributed by atoms with Crippen LogP contribution in [-0.2, 0) is 6.42 Å². The Morgan fingerprint density at radius 2 is 1.62 bits per heavy atom. The van der Waals surface area contributed by atoms with E-state index in [2.05, 4.69) is 24.0 Å². The molecule has 2 rings (SSSR count). The fraction of sp³-hybridized carbons (Fsp3) is 0.400. The van der Waals surface area contributed by atoms with Crippen molar-refractivity contribution in [3.8, 4) is 0 Å². The van der Waals surface area contributed by atoms with Crippen LogP contribution >= 0.6 is 0 Å². The first kappa shape index (κ1) is 14.6. The van der Waals surface area contributed by atoms with Gasteiger partial charge < -0.3 is 0 Å². The second-order valence-electron chi connectivity index (χ2n) is 2.89. The molecule has 0 aliphatic heterocycles. The molecule has 0 N–H and O–H groups in total. The second kappa shape index (κ2) is 8.90. The molecule has 0 atom stereocenters. The van der Waals surface area contributed by atoms with Crippen molar-refractivity contribution < 1.29 is 0 Å². The van der Waals surface area contributed by atoms with Crippen molar-refractivity contribution in [2.45, 2.75) is 41.0 Å². The highest BCUT2D eigenvalue weighted by atomic mass is 14.6. The molecule has 0 aliphatic carbocycles. The van der Waals surface area contributed by atoms with Crippen LogP contribution in [0.1, 0.15) is 40.2 Å². The van der Waals surface area contributed by atoms with Gasteiger partial charge in [-0.05, 0) is 24.1 Å². The molecule has 0 spiro atoms. The van der Waals surface area contributed by atoms with Crippen molar-refractivity contribution >= 4 is 10.9 Å². The summed E-state index contributed by atoms with van der Waals surface area (Å²) in [5.74, 6) is 0. The van der Waals surface area contributed by atoms with Crippen molar-refractivity contribution in [2.24, 2.45) is 0 Å². The summed E-state index contributed by atoms with van der Waals surface area (Å²) in [6.45, 7) is 10.1. The van der Waals surface area contributed by atoms with E-state index < -0.39 is 0 Å². The normalized spacial score (nSPS) is 8.56. The zero-order chi connectivity index (χ0) is 12.4. The van der Waals surface area contributed by atoms with E-state index in [4.69, 9.17) is 0 Å². The van der Waals surface area contributed by atoms with Gasteiger partial charge in [0.1, 0.15) is 0 Å². The molecule has 2 aromatic rings. The first-order valence-electron chi connectivity index (χ1n) is 6.24. The molecule has 0 bridgehead atoms. The molecule has 0 radical (unpaired) electrons. The molecule has 0 unspecified atom stereocenters. The minimum Gasteiger partial charge on any atom is -0.256 e. The fourth-order valence-corrected chi connectivity index (χ4v) is 1.31. The largest absolute Gasteiger partial charge is 0.256 e. The number of pyridine rings is 1. The quantitative estimate of drug-likeness (QED) is 0.665. The number of nitrogens with zero attached hydrogens (tertiary/aromatic N) is 1. The van der Waals surface area contributed by atoms with Gasteiger partial charge >= 0.3 is 0 Å². The summed E-state index contributed by atoms with van der Waals surface area (Å²) in [5.41, 5.74) is 2.38. The Kier molecular flexibility index (Phi) is 8.14. The van der Waals surface area contributed by atoms with E-state index in [0.717, 1.165) is 11.9 Å². The molecule has 0 aliphatic rings. The van der Waals surface area contributed by atoms with Crippen molar-refractivity contribution in [2.75, 3.05) is 0 Å². The molecular formula is C15H23N. The first-order chi connectivity index (χ1) is 7.90. The van der Waals surface area contributed by atoms with Crippen LogP contribution in [0, 0.1) is 0 Å². The molecule has 0 amide bonds. The molecule has 1 aromatic carbocycles. The van der Waals surface area contributed by atoms with Gasteiger partial charge in [-0.3, -0.25) is 4.98 Å². The lowest BCUT2D eigenvalue weighted by Crippen LogP contribution is -1.83. The molecule has 0 saturated heterocycles. The molecule has 1 aromatic heterocycles. The van der Waals surface area contributed by atoms with E-state index in [9.17, 15) is 0 Å². The lowest BCUT2D eigenvalue weighted by atomic mass is 10.1. The van der Waals surface area contributed by atoms with Gasteiger partial charge in [-0.15, -0.1) is 0 Å². The predicted octanol–water partition coefficient (Wildman–Crippen LogP) is 4.85. The van der Waals surface area contributed by atoms with Crippen molar-refractivity contribution in [3.05, 3.63) is 42.1 Å². The van der Waals surface area contributed by atoms with E-state index in [-0.39, 0.29) is 0 Å². The van der Waals surface area contributed by atoms with Gasteiger partial charge in [-0.2, -0.15) is 0 Å². The Bertz CT molecular complexity index is 393. The molecule has 1 heterocycles. The van der Waals surface area contributed by atoms with E-state index in [1.807, 2.05) is 52.1 Å². The van der Waals surface area contributed by atoms with Crippen LogP contribution in [0.25, 0.3) is 10.9 Å². The van der Waals surface area contributed by atoms with E-state index in [1.165, 1.54) is 10.9 Å². The van der Waals surface area contributed by atoms with Crippen LogP contribution in [0.15, 0.2) is 36.5 Å². The Labute approximate surface area is 99.5 Å². The Morgan fingerprint density at radius 1 is 1.00 bits per heavy atom. The van der Waals surface area contributed by atoms with Crippen molar-refractivity contribution in [3.63, 3.8) is 0 Å². The highest BCUT2D eigenvalue weighted by Gasteiger charge is 1.93. The van der Waals surface area contributed by atoms with Crippen LogP contribution in [0.4, 0.5) is 0 Å². The van der Waals surface area contributed by atoms with E-state index in [1.54, 1.807) is 0 Å². The van der Waals surface area contributed by atoms with Crippen LogP contribution in [0.3, 0.4) is 0 Å². The molecule has 1 heteroatoms. The zero-order valence-electron chi connectivity index (χ0n) is 11.1. The number of para-hydroxylation sites is 1. The Morgan fingerprint density at radius 3 is 2.25 bits per heavy atom. The van der Waals surface area contributed by atoms with Crippen molar-refractivity contribution in [1.29, 1.82) is 0 Å². The third-order valence-electron chi connectivity index (χ3n) is 2.06. The van der Waals surface area contributed by atoms with Crippen LogP contribution in [0.5, 0.6) is 0 Å². The summed E-state index contributed by atoms with van der Waals surface area (Å²) in [4.78, 5) is 4.35. The molecule has 0 fully saturated rings. The third kappa shape index (κ3) is 4.01. The van der Waals surface area contributed by atoms with Crippen molar-refractivity contribution in [1.82, 2.24) is 4.98 Å². The molecule has 0 saturated carbocycles. The van der Waals surface area contributed by atoms with E-state index in [0.29, 0.717) is 0 Å². The van der Waals surface area contributed by atoms with Gasteiger partial charge in [0, 0.05) is 11.6 Å². The van der Waals surface area contributed by atoms with E-state index >= 15 is 0 Å². The second-order valence-corrected chi connectivity index (χ2v) is 2.89. The van der Waals surface area contributed by atoms with Gasteiger partial charge in [-0.25, -0.2) is 0 Å². The summed E-state index contributed by atoms with van der Waals surface area (Å²) in [7, 11) is 0. The minimum atomic E-state index is 1.05. The molecule has 16 heavy (non-hydrogen) atoms. The SMILES string of the molecule is CC.CC.CCc1cnc2ccccc2c1. The smallest absolute Gasteiger partial charge is 0.0702 e. The zero-order valence-corrected chi connectivity index (χ0v) is 11.1.